The normalized spacial score (nSPS) is 15.7. The van der Waals surface area contributed by atoms with Gasteiger partial charge in [-0.05, 0) is 41.5 Å². The van der Waals surface area contributed by atoms with Gasteiger partial charge < -0.3 is 4.74 Å². The van der Waals surface area contributed by atoms with Gasteiger partial charge in [0.1, 0.15) is 0 Å². The summed E-state index contributed by atoms with van der Waals surface area (Å²) in [5, 5.41) is 1.98. The average molecular weight is 515 g/mol. The van der Waals surface area contributed by atoms with E-state index in [1.165, 1.54) is 16.9 Å². The molecule has 0 aliphatic carbocycles. The molecule has 0 saturated heterocycles. The van der Waals surface area contributed by atoms with Crippen molar-refractivity contribution in [3.8, 4) is 0 Å². The van der Waals surface area contributed by atoms with E-state index in [9.17, 15) is 9.59 Å². The molecule has 2 aromatic carbocycles. The van der Waals surface area contributed by atoms with Crippen LogP contribution >= 0.6 is 22.7 Å². The highest BCUT2D eigenvalue weighted by Gasteiger charge is 2.35. The Bertz CT molecular complexity index is 1590. The fourth-order valence-corrected chi connectivity index (χ4v) is 6.05. The van der Waals surface area contributed by atoms with E-state index in [0.29, 0.717) is 26.5 Å². The third-order valence-electron chi connectivity index (χ3n) is 6.11. The quantitative estimate of drug-likeness (QED) is 0.336. The topological polar surface area (TPSA) is 60.7 Å². The highest BCUT2D eigenvalue weighted by molar-refractivity contribution is 7.11. The van der Waals surface area contributed by atoms with Crippen LogP contribution in [-0.2, 0) is 9.53 Å². The minimum atomic E-state index is -0.651. The molecule has 1 aliphatic rings. The molecule has 2 aromatic heterocycles. The Morgan fingerprint density at radius 1 is 1.08 bits per heavy atom. The van der Waals surface area contributed by atoms with Crippen LogP contribution in [0.15, 0.2) is 87.5 Å². The summed E-state index contributed by atoms with van der Waals surface area (Å²) in [6.07, 6.45) is 1.89. The predicted molar refractivity (Wildman–Crippen MR) is 146 cm³/mol. The molecule has 36 heavy (non-hydrogen) atoms. The molecule has 0 radical (unpaired) electrons. The number of carbonyl (C=O) groups excluding carboxylic acids is 1. The standard InChI is InChI=1S/C29H26N2O3S2/c1-4-34-28(33)24-25(20-9-6-5-7-10-20)30-29-31(26(24)21-14-12-19(13-15-21)18(2)3)27(32)23(36-29)17-22-11-8-16-35-22/h5-18,26H,4H2,1-3H3/b23-17-. The van der Waals surface area contributed by atoms with Crippen LogP contribution < -0.4 is 14.9 Å². The molecule has 0 fully saturated rings. The summed E-state index contributed by atoms with van der Waals surface area (Å²) in [5.74, 6) is -0.0997. The van der Waals surface area contributed by atoms with Gasteiger partial charge in [0.05, 0.1) is 28.5 Å². The number of nitrogens with zero attached hydrogens (tertiary/aromatic N) is 2. The monoisotopic (exact) mass is 514 g/mol. The molecule has 1 atom stereocenters. The molecular weight excluding hydrogens is 488 g/mol. The lowest BCUT2D eigenvalue weighted by Gasteiger charge is -2.26. The van der Waals surface area contributed by atoms with Crippen molar-refractivity contribution in [3.63, 3.8) is 0 Å². The first-order valence-electron chi connectivity index (χ1n) is 11.9. The van der Waals surface area contributed by atoms with Crippen molar-refractivity contribution in [1.29, 1.82) is 0 Å². The van der Waals surface area contributed by atoms with Gasteiger partial charge in [0.15, 0.2) is 4.80 Å². The van der Waals surface area contributed by atoms with Gasteiger partial charge >= 0.3 is 5.97 Å². The lowest BCUT2D eigenvalue weighted by molar-refractivity contribution is -0.138. The number of esters is 1. The number of carbonyl (C=O) groups is 1. The molecule has 0 saturated carbocycles. The minimum Gasteiger partial charge on any atom is -0.463 e. The number of hydrogen-bond acceptors (Lipinski definition) is 6. The Hall–Kier alpha value is -3.55. The second-order valence-corrected chi connectivity index (χ2v) is 10.8. The van der Waals surface area contributed by atoms with Crippen LogP contribution in [0.5, 0.6) is 0 Å². The van der Waals surface area contributed by atoms with E-state index in [1.54, 1.807) is 22.8 Å². The molecule has 0 spiro atoms. The van der Waals surface area contributed by atoms with Crippen LogP contribution in [0.25, 0.3) is 11.8 Å². The van der Waals surface area contributed by atoms with Gasteiger partial charge in [0, 0.05) is 10.4 Å². The van der Waals surface area contributed by atoms with Crippen molar-refractivity contribution >= 4 is 40.4 Å². The maximum atomic E-state index is 13.8. The SMILES string of the molecule is CCOC(=O)C1=C(c2ccccc2)N=c2s/c(=C\c3cccs3)c(=O)n2C1c1ccc(C(C)C)cc1. The summed E-state index contributed by atoms with van der Waals surface area (Å²) in [6.45, 7) is 6.29. The van der Waals surface area contributed by atoms with E-state index < -0.39 is 12.0 Å². The Kier molecular flexibility index (Phi) is 6.85. The van der Waals surface area contributed by atoms with E-state index in [1.807, 2.05) is 66.1 Å². The molecular formula is C29H26N2O3S2. The van der Waals surface area contributed by atoms with Crippen LogP contribution in [0.1, 0.15) is 54.3 Å². The molecule has 1 unspecified atom stereocenters. The van der Waals surface area contributed by atoms with E-state index >= 15 is 0 Å². The average Bonchev–Trinajstić information content (AvgIpc) is 3.51. The zero-order chi connectivity index (χ0) is 25.2. The highest BCUT2D eigenvalue weighted by Crippen LogP contribution is 2.35. The third kappa shape index (κ3) is 4.52. The first-order chi connectivity index (χ1) is 17.5. The first-order valence-corrected chi connectivity index (χ1v) is 13.6. The molecule has 182 valence electrons. The summed E-state index contributed by atoms with van der Waals surface area (Å²) in [6, 6.07) is 21.0. The number of rotatable bonds is 6. The van der Waals surface area contributed by atoms with Crippen LogP contribution in [0, 0.1) is 0 Å². The summed E-state index contributed by atoms with van der Waals surface area (Å²) < 4.78 is 7.75. The van der Waals surface area contributed by atoms with E-state index in [-0.39, 0.29) is 12.2 Å². The molecule has 5 rings (SSSR count). The van der Waals surface area contributed by atoms with E-state index in [0.717, 1.165) is 16.0 Å². The smallest absolute Gasteiger partial charge is 0.338 e. The predicted octanol–water partition coefficient (Wildman–Crippen LogP) is 5.12. The maximum absolute atomic E-state index is 13.8. The van der Waals surface area contributed by atoms with Crippen LogP contribution in [0.4, 0.5) is 0 Å². The Morgan fingerprint density at radius 3 is 2.47 bits per heavy atom. The molecule has 0 amide bonds. The van der Waals surface area contributed by atoms with Gasteiger partial charge in [0.25, 0.3) is 5.56 Å². The lowest BCUT2D eigenvalue weighted by atomic mass is 9.91. The van der Waals surface area contributed by atoms with Crippen molar-refractivity contribution in [2.45, 2.75) is 32.7 Å². The van der Waals surface area contributed by atoms with Crippen molar-refractivity contribution in [1.82, 2.24) is 4.57 Å². The van der Waals surface area contributed by atoms with Crippen LogP contribution in [-0.4, -0.2) is 17.1 Å². The van der Waals surface area contributed by atoms with Crippen molar-refractivity contribution in [2.24, 2.45) is 4.99 Å². The van der Waals surface area contributed by atoms with Gasteiger partial charge in [-0.1, -0.05) is 85.8 Å². The number of hydrogen-bond donors (Lipinski definition) is 0. The Morgan fingerprint density at radius 2 is 1.83 bits per heavy atom. The van der Waals surface area contributed by atoms with E-state index in [4.69, 9.17) is 9.73 Å². The van der Waals surface area contributed by atoms with E-state index in [2.05, 4.69) is 26.0 Å². The summed E-state index contributed by atoms with van der Waals surface area (Å²) in [5.41, 5.74) is 3.58. The molecule has 0 bridgehead atoms. The zero-order valence-electron chi connectivity index (χ0n) is 20.3. The second-order valence-electron chi connectivity index (χ2n) is 8.77. The van der Waals surface area contributed by atoms with Gasteiger partial charge in [0.2, 0.25) is 0 Å². The Labute approximate surface area is 217 Å². The summed E-state index contributed by atoms with van der Waals surface area (Å²) in [4.78, 5) is 33.7. The molecule has 4 aromatic rings. The fraction of sp³-hybridized carbons (Fsp3) is 0.207. The number of thiazole rings is 1. The molecule has 7 heteroatoms. The minimum absolute atomic E-state index is 0.168. The lowest BCUT2D eigenvalue weighted by Crippen LogP contribution is -2.40. The van der Waals surface area contributed by atoms with Gasteiger partial charge in [-0.2, -0.15) is 0 Å². The third-order valence-corrected chi connectivity index (χ3v) is 7.91. The van der Waals surface area contributed by atoms with Crippen molar-refractivity contribution in [2.75, 3.05) is 6.61 Å². The summed E-state index contributed by atoms with van der Waals surface area (Å²) in [7, 11) is 0. The number of aromatic nitrogens is 1. The largest absolute Gasteiger partial charge is 0.463 e. The number of fused-ring (bicyclic) bond motifs is 1. The van der Waals surface area contributed by atoms with Gasteiger partial charge in [-0.15, -0.1) is 11.3 Å². The number of thiophene rings is 1. The Balaban J connectivity index is 1.82. The van der Waals surface area contributed by atoms with Gasteiger partial charge in [-0.25, -0.2) is 9.79 Å². The molecule has 5 nitrogen and oxygen atoms in total. The second kappa shape index (κ2) is 10.2. The molecule has 0 N–H and O–H groups in total. The number of benzene rings is 2. The van der Waals surface area contributed by atoms with Crippen molar-refractivity contribution < 1.29 is 9.53 Å². The van der Waals surface area contributed by atoms with Crippen LogP contribution in [0.3, 0.4) is 0 Å². The fourth-order valence-electron chi connectivity index (χ4n) is 4.32. The summed E-state index contributed by atoms with van der Waals surface area (Å²) >= 11 is 2.91. The van der Waals surface area contributed by atoms with Crippen LogP contribution in [0.2, 0.25) is 0 Å². The molecule has 3 heterocycles. The number of ether oxygens (including phenoxy) is 1. The van der Waals surface area contributed by atoms with Gasteiger partial charge in [-0.3, -0.25) is 9.36 Å². The zero-order valence-corrected chi connectivity index (χ0v) is 21.9. The van der Waals surface area contributed by atoms with Crippen molar-refractivity contribution in [3.05, 3.63) is 119 Å². The highest BCUT2D eigenvalue weighted by atomic mass is 32.1. The molecule has 1 aliphatic heterocycles. The maximum Gasteiger partial charge on any atom is 0.338 e. The first kappa shape index (κ1) is 24.2.